The van der Waals surface area contributed by atoms with Crippen molar-refractivity contribution in [3.8, 4) is 0 Å². The van der Waals surface area contributed by atoms with Crippen LogP contribution in [0.3, 0.4) is 0 Å². The highest BCUT2D eigenvalue weighted by molar-refractivity contribution is 7.98. The van der Waals surface area contributed by atoms with Gasteiger partial charge in [0.05, 0.1) is 10.6 Å². The maximum Gasteiger partial charge on any atom is 0.417 e. The number of aromatic nitrogens is 1. The van der Waals surface area contributed by atoms with Crippen LogP contribution in [0.1, 0.15) is 16.7 Å². The van der Waals surface area contributed by atoms with Gasteiger partial charge in [-0.1, -0.05) is 12.1 Å². The third-order valence-corrected chi connectivity index (χ3v) is 4.42. The topological polar surface area (TPSA) is 43.1 Å². The van der Waals surface area contributed by atoms with Gasteiger partial charge in [0.1, 0.15) is 5.58 Å². The third-order valence-electron chi connectivity index (χ3n) is 3.42. The van der Waals surface area contributed by atoms with Crippen LogP contribution in [-0.2, 0) is 11.9 Å². The Morgan fingerprint density at radius 2 is 1.96 bits per heavy atom. The van der Waals surface area contributed by atoms with Gasteiger partial charge in [-0.2, -0.15) is 13.2 Å². The monoisotopic (exact) mass is 351 g/mol. The number of pyridine rings is 1. The fourth-order valence-electron chi connectivity index (χ4n) is 2.24. The molecule has 124 valence electrons. The zero-order valence-corrected chi connectivity index (χ0v) is 13.4. The van der Waals surface area contributed by atoms with Gasteiger partial charge in [-0.15, -0.1) is 11.8 Å². The van der Waals surface area contributed by atoms with Crippen LogP contribution < -0.4 is 5.63 Å². The van der Waals surface area contributed by atoms with Crippen molar-refractivity contribution >= 4 is 22.7 Å². The van der Waals surface area contributed by atoms with Crippen LogP contribution >= 0.6 is 11.8 Å². The number of thioether (sulfide) groups is 1. The number of nitrogens with zero attached hydrogens (tertiary/aromatic N) is 1. The molecule has 1 aromatic carbocycles. The zero-order valence-electron chi connectivity index (χ0n) is 12.6. The summed E-state index contributed by atoms with van der Waals surface area (Å²) >= 11 is 1.26. The Balaban J connectivity index is 1.84. The number of hydrogen-bond acceptors (Lipinski definition) is 4. The van der Waals surface area contributed by atoms with Crippen LogP contribution in [-0.4, -0.2) is 4.98 Å². The number of hydrogen-bond donors (Lipinski definition) is 0. The molecule has 0 bridgehead atoms. The Bertz CT molecular complexity index is 933. The number of rotatable bonds is 3. The summed E-state index contributed by atoms with van der Waals surface area (Å²) in [5.74, 6) is 0.406. The first-order chi connectivity index (χ1) is 11.3. The van der Waals surface area contributed by atoms with Gasteiger partial charge in [0.2, 0.25) is 0 Å². The minimum Gasteiger partial charge on any atom is -0.423 e. The van der Waals surface area contributed by atoms with Gasteiger partial charge in [-0.05, 0) is 36.2 Å². The highest BCUT2D eigenvalue weighted by atomic mass is 32.2. The lowest BCUT2D eigenvalue weighted by molar-refractivity contribution is -0.137. The van der Waals surface area contributed by atoms with Gasteiger partial charge in [-0.3, -0.25) is 0 Å². The molecule has 3 nitrogen and oxygen atoms in total. The van der Waals surface area contributed by atoms with E-state index in [4.69, 9.17) is 4.42 Å². The molecular weight excluding hydrogens is 339 g/mol. The minimum atomic E-state index is -4.40. The minimum absolute atomic E-state index is 0.406. The molecule has 3 aromatic rings. The van der Waals surface area contributed by atoms with Gasteiger partial charge in [-0.25, -0.2) is 9.78 Å². The highest BCUT2D eigenvalue weighted by Gasteiger charge is 2.30. The molecule has 0 unspecified atom stereocenters. The Morgan fingerprint density at radius 1 is 1.17 bits per heavy atom. The fraction of sp³-hybridized carbons (Fsp3) is 0.176. The SMILES string of the molecule is Cc1ccc2c(CSc3ccc(C(F)(F)F)cn3)cc(=O)oc2c1. The fourth-order valence-corrected chi connectivity index (χ4v) is 3.08. The molecule has 0 radical (unpaired) electrons. The summed E-state index contributed by atoms with van der Waals surface area (Å²) in [5.41, 5.74) is 0.989. The maximum atomic E-state index is 12.5. The van der Waals surface area contributed by atoms with E-state index >= 15 is 0 Å². The summed E-state index contributed by atoms with van der Waals surface area (Å²) in [6.07, 6.45) is -3.59. The standard InChI is InChI=1S/C17H12F3NO2S/c1-10-2-4-13-11(7-16(22)23-14(13)6-10)9-24-15-5-3-12(8-21-15)17(18,19)20/h2-8H,9H2,1H3. The van der Waals surface area contributed by atoms with Crippen LogP contribution in [0.15, 0.2) is 56.8 Å². The second kappa shape index (κ2) is 6.32. The number of benzene rings is 1. The van der Waals surface area contributed by atoms with E-state index in [-0.39, 0.29) is 0 Å². The second-order valence-corrected chi connectivity index (χ2v) is 6.26. The summed E-state index contributed by atoms with van der Waals surface area (Å²) in [6, 6.07) is 9.27. The molecule has 24 heavy (non-hydrogen) atoms. The lowest BCUT2D eigenvalue weighted by atomic mass is 10.1. The van der Waals surface area contributed by atoms with Crippen molar-refractivity contribution in [3.05, 3.63) is 69.7 Å². The molecule has 0 saturated carbocycles. The normalized spacial score (nSPS) is 11.8. The van der Waals surface area contributed by atoms with Crippen molar-refractivity contribution in [3.63, 3.8) is 0 Å². The van der Waals surface area contributed by atoms with Gasteiger partial charge >= 0.3 is 11.8 Å². The molecule has 0 aliphatic rings. The van der Waals surface area contributed by atoms with E-state index in [2.05, 4.69) is 4.98 Å². The Hall–Kier alpha value is -2.28. The van der Waals surface area contributed by atoms with Gasteiger partial charge < -0.3 is 4.42 Å². The molecular formula is C17H12F3NO2S. The number of fused-ring (bicyclic) bond motifs is 1. The Labute approximate surface area is 139 Å². The Kier molecular flexibility index (Phi) is 4.36. The average Bonchev–Trinajstić information content (AvgIpc) is 2.51. The number of alkyl halides is 3. The number of halogens is 3. The first kappa shape index (κ1) is 16.6. The van der Waals surface area contributed by atoms with Gasteiger partial charge in [0, 0.05) is 23.4 Å². The summed E-state index contributed by atoms with van der Waals surface area (Å²) < 4.78 is 42.8. The molecule has 0 aliphatic heterocycles. The molecule has 7 heteroatoms. The molecule has 0 aliphatic carbocycles. The molecule has 0 N–H and O–H groups in total. The lowest BCUT2D eigenvalue weighted by Crippen LogP contribution is -2.05. The molecule has 2 aromatic heterocycles. The van der Waals surface area contributed by atoms with Crippen molar-refractivity contribution in [2.24, 2.45) is 0 Å². The molecule has 3 rings (SSSR count). The lowest BCUT2D eigenvalue weighted by Gasteiger charge is -2.08. The molecule has 0 saturated heterocycles. The van der Waals surface area contributed by atoms with Crippen molar-refractivity contribution in [1.82, 2.24) is 4.98 Å². The van der Waals surface area contributed by atoms with E-state index < -0.39 is 17.4 Å². The van der Waals surface area contributed by atoms with Crippen molar-refractivity contribution in [2.75, 3.05) is 0 Å². The van der Waals surface area contributed by atoms with Crippen molar-refractivity contribution < 1.29 is 17.6 Å². The summed E-state index contributed by atoms with van der Waals surface area (Å²) in [4.78, 5) is 15.5. The number of aryl methyl sites for hydroxylation is 1. The van der Waals surface area contributed by atoms with E-state index in [0.29, 0.717) is 16.4 Å². The first-order valence-electron chi connectivity index (χ1n) is 7.02. The summed E-state index contributed by atoms with van der Waals surface area (Å²) in [5, 5.41) is 1.26. The maximum absolute atomic E-state index is 12.5. The summed E-state index contributed by atoms with van der Waals surface area (Å²) in [7, 11) is 0. The van der Waals surface area contributed by atoms with Crippen molar-refractivity contribution in [1.29, 1.82) is 0 Å². The largest absolute Gasteiger partial charge is 0.423 e. The summed E-state index contributed by atoms with van der Waals surface area (Å²) in [6.45, 7) is 1.90. The van der Waals surface area contributed by atoms with E-state index in [0.717, 1.165) is 28.8 Å². The molecule has 0 spiro atoms. The smallest absolute Gasteiger partial charge is 0.417 e. The van der Waals surface area contributed by atoms with Crippen LogP contribution in [0, 0.1) is 6.92 Å². The van der Waals surface area contributed by atoms with Crippen LogP contribution in [0.5, 0.6) is 0 Å². The van der Waals surface area contributed by atoms with Crippen LogP contribution in [0.25, 0.3) is 11.0 Å². The van der Waals surface area contributed by atoms with E-state index in [1.807, 2.05) is 19.1 Å². The van der Waals surface area contributed by atoms with Crippen LogP contribution in [0.2, 0.25) is 0 Å². The molecule has 0 amide bonds. The second-order valence-electron chi connectivity index (χ2n) is 5.26. The predicted octanol–water partition coefficient (Wildman–Crippen LogP) is 4.81. The quantitative estimate of drug-likeness (QED) is 0.502. The molecule has 2 heterocycles. The zero-order chi connectivity index (χ0) is 17.3. The molecule has 0 atom stereocenters. The predicted molar refractivity (Wildman–Crippen MR) is 86.0 cm³/mol. The molecule has 0 fully saturated rings. The average molecular weight is 351 g/mol. The van der Waals surface area contributed by atoms with Gasteiger partial charge in [0.15, 0.2) is 0 Å². The van der Waals surface area contributed by atoms with E-state index in [1.165, 1.54) is 23.9 Å². The van der Waals surface area contributed by atoms with Crippen LogP contribution in [0.4, 0.5) is 13.2 Å². The first-order valence-corrected chi connectivity index (χ1v) is 8.01. The third kappa shape index (κ3) is 3.62. The van der Waals surface area contributed by atoms with E-state index in [1.54, 1.807) is 6.07 Å². The van der Waals surface area contributed by atoms with Crippen molar-refractivity contribution in [2.45, 2.75) is 23.9 Å². The van der Waals surface area contributed by atoms with E-state index in [9.17, 15) is 18.0 Å². The van der Waals surface area contributed by atoms with Gasteiger partial charge in [0.25, 0.3) is 0 Å². The Morgan fingerprint density at radius 3 is 2.62 bits per heavy atom. The highest BCUT2D eigenvalue weighted by Crippen LogP contribution is 2.31.